The maximum atomic E-state index is 13.1. The highest BCUT2D eigenvalue weighted by Gasteiger charge is 2.30. The molecule has 2 aromatic carbocycles. The lowest BCUT2D eigenvalue weighted by Crippen LogP contribution is -2.45. The highest BCUT2D eigenvalue weighted by atomic mass is 35.5. The Morgan fingerprint density at radius 3 is 2.50 bits per heavy atom. The maximum absolute atomic E-state index is 13.1. The van der Waals surface area contributed by atoms with E-state index in [4.69, 9.17) is 23.8 Å². The molecule has 0 unspecified atom stereocenters. The first-order valence-corrected chi connectivity index (χ1v) is 9.06. The van der Waals surface area contributed by atoms with Crippen LogP contribution in [0, 0.1) is 13.8 Å². The van der Waals surface area contributed by atoms with E-state index in [0.29, 0.717) is 21.4 Å². The molecule has 134 valence electrons. The van der Waals surface area contributed by atoms with E-state index in [2.05, 4.69) is 16.0 Å². The lowest BCUT2D eigenvalue weighted by Gasteiger charge is -2.30. The van der Waals surface area contributed by atoms with Gasteiger partial charge in [-0.25, -0.2) is 0 Å². The van der Waals surface area contributed by atoms with Gasteiger partial charge in [-0.3, -0.25) is 4.79 Å². The van der Waals surface area contributed by atoms with Crippen LogP contribution >= 0.6 is 23.8 Å². The Kier molecular flexibility index (Phi) is 5.30. The lowest BCUT2D eigenvalue weighted by molar-refractivity contribution is -0.113. The van der Waals surface area contributed by atoms with Crippen LogP contribution in [0.15, 0.2) is 53.7 Å². The summed E-state index contributed by atoms with van der Waals surface area (Å²) in [5, 5.41) is 10.3. The van der Waals surface area contributed by atoms with Crippen LogP contribution in [0.4, 0.5) is 5.69 Å². The summed E-state index contributed by atoms with van der Waals surface area (Å²) >= 11 is 11.5. The number of hydrogen-bond donors (Lipinski definition) is 3. The van der Waals surface area contributed by atoms with Crippen molar-refractivity contribution in [3.05, 3.63) is 75.4 Å². The summed E-state index contributed by atoms with van der Waals surface area (Å²) in [4.78, 5) is 13.1. The smallest absolute Gasteiger partial charge is 0.255 e. The monoisotopic (exact) mass is 385 g/mol. The number of rotatable bonds is 3. The van der Waals surface area contributed by atoms with Crippen molar-refractivity contribution in [2.24, 2.45) is 0 Å². The van der Waals surface area contributed by atoms with Gasteiger partial charge in [0.05, 0.1) is 11.6 Å². The molecular weight excluding hydrogens is 366 g/mol. The summed E-state index contributed by atoms with van der Waals surface area (Å²) < 4.78 is 0. The quantitative estimate of drug-likeness (QED) is 0.686. The van der Waals surface area contributed by atoms with Gasteiger partial charge >= 0.3 is 0 Å². The molecule has 6 heteroatoms. The molecular formula is C20H20ClN3OS. The van der Waals surface area contributed by atoms with Crippen LogP contribution in [0.2, 0.25) is 5.02 Å². The second-order valence-electron chi connectivity index (χ2n) is 6.35. The van der Waals surface area contributed by atoms with Crippen LogP contribution in [-0.4, -0.2) is 11.0 Å². The summed E-state index contributed by atoms with van der Waals surface area (Å²) in [6.45, 7) is 5.76. The van der Waals surface area contributed by atoms with E-state index in [1.807, 2.05) is 57.2 Å². The van der Waals surface area contributed by atoms with Crippen molar-refractivity contribution in [1.29, 1.82) is 0 Å². The topological polar surface area (TPSA) is 53.2 Å². The van der Waals surface area contributed by atoms with Gasteiger partial charge in [0.1, 0.15) is 0 Å². The molecule has 0 aliphatic carbocycles. The van der Waals surface area contributed by atoms with Gasteiger partial charge in [0.25, 0.3) is 5.91 Å². The van der Waals surface area contributed by atoms with Crippen molar-refractivity contribution in [1.82, 2.24) is 10.6 Å². The summed E-state index contributed by atoms with van der Waals surface area (Å²) in [6, 6.07) is 13.2. The van der Waals surface area contributed by atoms with Crippen molar-refractivity contribution in [3.63, 3.8) is 0 Å². The summed E-state index contributed by atoms with van der Waals surface area (Å²) in [7, 11) is 0. The number of benzene rings is 2. The Bertz CT molecular complexity index is 906. The molecule has 4 nitrogen and oxygen atoms in total. The molecule has 1 heterocycles. The van der Waals surface area contributed by atoms with Crippen LogP contribution in [0.1, 0.15) is 29.7 Å². The summed E-state index contributed by atoms with van der Waals surface area (Å²) in [5.41, 5.74) is 5.00. The van der Waals surface area contributed by atoms with Crippen molar-refractivity contribution < 1.29 is 4.79 Å². The minimum atomic E-state index is -0.316. The number of thiocarbonyl (C=S) groups is 1. The lowest BCUT2D eigenvalue weighted by atomic mass is 9.94. The first kappa shape index (κ1) is 18.4. The number of aryl methyl sites for hydroxylation is 1. The van der Waals surface area contributed by atoms with E-state index in [9.17, 15) is 4.79 Å². The van der Waals surface area contributed by atoms with Gasteiger partial charge < -0.3 is 16.0 Å². The number of halogens is 1. The van der Waals surface area contributed by atoms with Crippen molar-refractivity contribution >= 4 is 40.5 Å². The summed E-state index contributed by atoms with van der Waals surface area (Å²) in [6.07, 6.45) is 0. The van der Waals surface area contributed by atoms with E-state index in [0.717, 1.165) is 22.4 Å². The zero-order valence-electron chi connectivity index (χ0n) is 14.8. The highest BCUT2D eigenvalue weighted by molar-refractivity contribution is 7.80. The third-order valence-corrected chi connectivity index (χ3v) is 5.07. The predicted molar refractivity (Wildman–Crippen MR) is 110 cm³/mol. The Hall–Kier alpha value is -2.37. The fourth-order valence-corrected chi connectivity index (χ4v) is 3.38. The van der Waals surface area contributed by atoms with Crippen molar-refractivity contribution in [2.75, 3.05) is 5.32 Å². The van der Waals surface area contributed by atoms with E-state index < -0.39 is 0 Å². The van der Waals surface area contributed by atoms with Crippen LogP contribution in [0.3, 0.4) is 0 Å². The van der Waals surface area contributed by atoms with E-state index in [1.165, 1.54) is 0 Å². The average Bonchev–Trinajstić information content (AvgIpc) is 2.59. The molecule has 2 aromatic rings. The normalized spacial score (nSPS) is 16.8. The average molecular weight is 386 g/mol. The molecule has 0 bridgehead atoms. The minimum Gasteiger partial charge on any atom is -0.351 e. The molecule has 0 spiro atoms. The molecule has 1 aliphatic heterocycles. The molecule has 3 rings (SSSR count). The molecule has 26 heavy (non-hydrogen) atoms. The fraction of sp³-hybridized carbons (Fsp3) is 0.200. The molecule has 1 aliphatic rings. The number of hydrogen-bond acceptors (Lipinski definition) is 2. The Labute approximate surface area is 163 Å². The zero-order chi connectivity index (χ0) is 18.8. The number of anilines is 1. The second-order valence-corrected chi connectivity index (χ2v) is 7.16. The van der Waals surface area contributed by atoms with E-state index >= 15 is 0 Å². The molecule has 3 N–H and O–H groups in total. The van der Waals surface area contributed by atoms with Gasteiger partial charge in [0, 0.05) is 16.4 Å². The largest absolute Gasteiger partial charge is 0.351 e. The molecule has 0 fully saturated rings. The summed E-state index contributed by atoms with van der Waals surface area (Å²) in [5.74, 6) is -0.194. The number of nitrogens with one attached hydrogen (secondary N) is 3. The Morgan fingerprint density at radius 1 is 1.12 bits per heavy atom. The van der Waals surface area contributed by atoms with Crippen LogP contribution in [0.25, 0.3) is 0 Å². The molecule has 0 saturated carbocycles. The number of allylic oxidation sites excluding steroid dienone is 1. The Morgan fingerprint density at radius 2 is 1.81 bits per heavy atom. The Balaban J connectivity index is 1.96. The standard InChI is InChI=1S/C20H20ClN3OS/c1-11-7-9-14(10-8-11)18-17(13(3)22-20(26)24-18)19(25)23-16-6-4-5-15(21)12(16)2/h4-10,18H,1-3H3,(H,23,25)(H2,22,24,26)/t18-/m1/s1. The van der Waals surface area contributed by atoms with Gasteiger partial charge in [-0.1, -0.05) is 47.5 Å². The number of amides is 1. The predicted octanol–water partition coefficient (Wildman–Crippen LogP) is 4.39. The van der Waals surface area contributed by atoms with Crippen LogP contribution in [0.5, 0.6) is 0 Å². The van der Waals surface area contributed by atoms with E-state index in [-0.39, 0.29) is 11.9 Å². The number of carbonyl (C=O) groups is 1. The molecule has 1 amide bonds. The second kappa shape index (κ2) is 7.48. The van der Waals surface area contributed by atoms with Crippen LogP contribution < -0.4 is 16.0 Å². The maximum Gasteiger partial charge on any atom is 0.255 e. The van der Waals surface area contributed by atoms with Crippen molar-refractivity contribution in [3.8, 4) is 0 Å². The van der Waals surface area contributed by atoms with Gasteiger partial charge in [-0.2, -0.15) is 0 Å². The first-order chi connectivity index (χ1) is 12.4. The fourth-order valence-electron chi connectivity index (χ4n) is 2.94. The molecule has 1 atom stereocenters. The molecule has 0 aromatic heterocycles. The van der Waals surface area contributed by atoms with Gasteiger partial charge in [0.15, 0.2) is 5.11 Å². The molecule has 0 saturated heterocycles. The van der Waals surface area contributed by atoms with Gasteiger partial charge in [0.2, 0.25) is 0 Å². The third kappa shape index (κ3) is 3.74. The van der Waals surface area contributed by atoms with Gasteiger partial charge in [-0.15, -0.1) is 0 Å². The number of carbonyl (C=O) groups excluding carboxylic acids is 1. The van der Waals surface area contributed by atoms with Gasteiger partial charge in [-0.05, 0) is 56.2 Å². The highest BCUT2D eigenvalue weighted by Crippen LogP contribution is 2.29. The molecule has 0 radical (unpaired) electrons. The van der Waals surface area contributed by atoms with Crippen LogP contribution in [-0.2, 0) is 4.79 Å². The third-order valence-electron chi connectivity index (χ3n) is 4.44. The zero-order valence-corrected chi connectivity index (χ0v) is 16.4. The first-order valence-electron chi connectivity index (χ1n) is 8.28. The van der Waals surface area contributed by atoms with Crippen molar-refractivity contribution in [2.45, 2.75) is 26.8 Å². The minimum absolute atomic E-state index is 0.194. The van der Waals surface area contributed by atoms with E-state index in [1.54, 1.807) is 6.07 Å². The SMILES string of the molecule is CC1=C(C(=O)Nc2cccc(Cl)c2C)[C@@H](c2ccc(C)cc2)NC(=S)N1.